The Morgan fingerprint density at radius 1 is 1.05 bits per heavy atom. The first kappa shape index (κ1) is 14.1. The minimum Gasteiger partial charge on any atom is -0.306 e. The lowest BCUT2D eigenvalue weighted by molar-refractivity contribution is 0.574. The lowest BCUT2D eigenvalue weighted by Gasteiger charge is -2.15. The maximum atomic E-state index is 6.02. The van der Waals surface area contributed by atoms with Crippen LogP contribution >= 0.6 is 11.6 Å². The molecule has 0 bridgehead atoms. The zero-order valence-corrected chi connectivity index (χ0v) is 12.5. The molecule has 2 rings (SSSR count). The Bertz CT molecular complexity index is 563. The lowest BCUT2D eigenvalue weighted by Crippen LogP contribution is -2.18. The van der Waals surface area contributed by atoms with Crippen LogP contribution in [0.4, 0.5) is 0 Å². The number of rotatable bonds is 4. The molecular formula is C17H20ClN. The maximum absolute atomic E-state index is 6.02. The molecule has 0 saturated heterocycles. The zero-order valence-electron chi connectivity index (χ0n) is 11.7. The second kappa shape index (κ2) is 6.23. The molecule has 0 aliphatic heterocycles. The van der Waals surface area contributed by atoms with Crippen molar-refractivity contribution in [3.8, 4) is 0 Å². The van der Waals surface area contributed by atoms with E-state index in [0.29, 0.717) is 6.04 Å². The maximum Gasteiger partial charge on any atom is 0.0409 e. The molecule has 0 heterocycles. The van der Waals surface area contributed by atoms with Crippen LogP contribution in [0.2, 0.25) is 5.02 Å². The van der Waals surface area contributed by atoms with Crippen molar-refractivity contribution in [3.05, 3.63) is 69.7 Å². The molecule has 0 aliphatic carbocycles. The van der Waals surface area contributed by atoms with Crippen molar-refractivity contribution in [1.29, 1.82) is 0 Å². The number of halogens is 1. The third-order valence-electron chi connectivity index (χ3n) is 3.53. The Hall–Kier alpha value is -1.31. The fraction of sp³-hybridized carbons (Fsp3) is 0.294. The molecule has 0 aromatic heterocycles. The lowest BCUT2D eigenvalue weighted by atomic mass is 10.1. The van der Waals surface area contributed by atoms with Crippen LogP contribution in [0.5, 0.6) is 0 Å². The molecule has 2 aromatic carbocycles. The Morgan fingerprint density at radius 2 is 1.84 bits per heavy atom. The van der Waals surface area contributed by atoms with Crippen LogP contribution < -0.4 is 5.32 Å². The molecule has 0 radical (unpaired) electrons. The number of nitrogens with one attached hydrogen (secondary N) is 1. The van der Waals surface area contributed by atoms with Crippen molar-refractivity contribution in [2.75, 3.05) is 0 Å². The Balaban J connectivity index is 2.00. The topological polar surface area (TPSA) is 12.0 Å². The highest BCUT2D eigenvalue weighted by molar-refractivity contribution is 6.30. The molecule has 0 aliphatic rings. The normalized spacial score (nSPS) is 12.4. The zero-order chi connectivity index (χ0) is 13.8. The molecule has 1 atom stereocenters. The number of hydrogen-bond acceptors (Lipinski definition) is 1. The highest BCUT2D eigenvalue weighted by Gasteiger charge is 2.05. The standard InChI is InChI=1S/C17H20ClN/c1-12-7-8-15(9-13(12)2)11-19-14(3)16-5-4-6-17(18)10-16/h4-10,14,19H,11H2,1-3H3/t14-/m1/s1. The first-order valence-electron chi connectivity index (χ1n) is 6.61. The quantitative estimate of drug-likeness (QED) is 0.843. The minimum absolute atomic E-state index is 0.292. The summed E-state index contributed by atoms with van der Waals surface area (Å²) in [7, 11) is 0. The molecule has 0 spiro atoms. The van der Waals surface area contributed by atoms with Crippen molar-refractivity contribution in [2.45, 2.75) is 33.4 Å². The molecule has 2 aromatic rings. The molecule has 0 saturated carbocycles. The van der Waals surface area contributed by atoms with Gasteiger partial charge >= 0.3 is 0 Å². The second-order valence-electron chi connectivity index (χ2n) is 5.08. The summed E-state index contributed by atoms with van der Waals surface area (Å²) >= 11 is 6.02. The molecule has 1 N–H and O–H groups in total. The van der Waals surface area contributed by atoms with Crippen molar-refractivity contribution < 1.29 is 0 Å². The third kappa shape index (κ3) is 3.82. The summed E-state index contributed by atoms with van der Waals surface area (Å²) in [5.74, 6) is 0. The van der Waals surface area contributed by atoms with E-state index in [4.69, 9.17) is 11.6 Å². The highest BCUT2D eigenvalue weighted by atomic mass is 35.5. The molecule has 0 fully saturated rings. The molecule has 100 valence electrons. The third-order valence-corrected chi connectivity index (χ3v) is 3.77. The number of hydrogen-bond donors (Lipinski definition) is 1. The van der Waals surface area contributed by atoms with E-state index in [1.165, 1.54) is 22.3 Å². The van der Waals surface area contributed by atoms with Crippen molar-refractivity contribution in [3.63, 3.8) is 0 Å². The van der Waals surface area contributed by atoms with Gasteiger partial charge < -0.3 is 5.32 Å². The Morgan fingerprint density at radius 3 is 2.53 bits per heavy atom. The van der Waals surface area contributed by atoms with E-state index in [2.05, 4.69) is 50.4 Å². The largest absolute Gasteiger partial charge is 0.306 e. The second-order valence-corrected chi connectivity index (χ2v) is 5.51. The first-order chi connectivity index (χ1) is 9.06. The first-order valence-corrected chi connectivity index (χ1v) is 6.99. The van der Waals surface area contributed by atoms with E-state index in [-0.39, 0.29) is 0 Å². The predicted molar refractivity (Wildman–Crippen MR) is 82.6 cm³/mol. The van der Waals surface area contributed by atoms with Crippen LogP contribution in [0.25, 0.3) is 0 Å². The van der Waals surface area contributed by atoms with E-state index in [1.807, 2.05) is 18.2 Å². The average Bonchev–Trinajstić information content (AvgIpc) is 2.40. The van der Waals surface area contributed by atoms with E-state index >= 15 is 0 Å². The van der Waals surface area contributed by atoms with Crippen LogP contribution in [-0.4, -0.2) is 0 Å². The van der Waals surface area contributed by atoms with Gasteiger partial charge in [-0.1, -0.05) is 41.9 Å². The molecule has 2 heteroatoms. The highest BCUT2D eigenvalue weighted by Crippen LogP contribution is 2.18. The Labute approximate surface area is 120 Å². The molecule has 1 nitrogen and oxygen atoms in total. The van der Waals surface area contributed by atoms with Crippen LogP contribution in [0, 0.1) is 13.8 Å². The number of benzene rings is 2. The fourth-order valence-corrected chi connectivity index (χ4v) is 2.28. The van der Waals surface area contributed by atoms with Gasteiger partial charge in [0.2, 0.25) is 0 Å². The fourth-order valence-electron chi connectivity index (χ4n) is 2.08. The van der Waals surface area contributed by atoms with Gasteiger partial charge in [0.1, 0.15) is 0 Å². The summed E-state index contributed by atoms with van der Waals surface area (Å²) in [6.07, 6.45) is 0. The van der Waals surface area contributed by atoms with Gasteiger partial charge in [-0.25, -0.2) is 0 Å². The van der Waals surface area contributed by atoms with Crippen LogP contribution in [0.15, 0.2) is 42.5 Å². The molecule has 0 amide bonds. The predicted octanol–water partition coefficient (Wildman–Crippen LogP) is 4.81. The van der Waals surface area contributed by atoms with E-state index in [9.17, 15) is 0 Å². The summed E-state index contributed by atoms with van der Waals surface area (Å²) in [4.78, 5) is 0. The van der Waals surface area contributed by atoms with Crippen molar-refractivity contribution in [1.82, 2.24) is 5.32 Å². The smallest absolute Gasteiger partial charge is 0.0409 e. The van der Waals surface area contributed by atoms with E-state index < -0.39 is 0 Å². The van der Waals surface area contributed by atoms with Gasteiger partial charge in [-0.2, -0.15) is 0 Å². The summed E-state index contributed by atoms with van der Waals surface area (Å²) < 4.78 is 0. The average molecular weight is 274 g/mol. The van der Waals surface area contributed by atoms with E-state index in [1.54, 1.807) is 0 Å². The van der Waals surface area contributed by atoms with Gasteiger partial charge in [-0.15, -0.1) is 0 Å². The molecular weight excluding hydrogens is 254 g/mol. The van der Waals surface area contributed by atoms with Crippen molar-refractivity contribution >= 4 is 11.6 Å². The molecule has 19 heavy (non-hydrogen) atoms. The summed E-state index contributed by atoms with van der Waals surface area (Å²) in [6, 6.07) is 14.9. The van der Waals surface area contributed by atoms with Gasteiger partial charge in [-0.3, -0.25) is 0 Å². The van der Waals surface area contributed by atoms with Gasteiger partial charge in [-0.05, 0) is 55.2 Å². The number of aryl methyl sites for hydroxylation is 2. The monoisotopic (exact) mass is 273 g/mol. The SMILES string of the molecule is Cc1ccc(CN[C@H](C)c2cccc(Cl)c2)cc1C. The van der Waals surface area contributed by atoms with Gasteiger partial charge in [0.15, 0.2) is 0 Å². The summed E-state index contributed by atoms with van der Waals surface area (Å²) in [6.45, 7) is 7.32. The molecule has 0 unspecified atom stereocenters. The van der Waals surface area contributed by atoms with Crippen LogP contribution in [0.3, 0.4) is 0 Å². The summed E-state index contributed by atoms with van der Waals surface area (Å²) in [5, 5.41) is 4.32. The Kier molecular flexibility index (Phi) is 4.62. The van der Waals surface area contributed by atoms with Gasteiger partial charge in [0.25, 0.3) is 0 Å². The van der Waals surface area contributed by atoms with Crippen molar-refractivity contribution in [2.24, 2.45) is 0 Å². The van der Waals surface area contributed by atoms with E-state index in [0.717, 1.165) is 11.6 Å². The van der Waals surface area contributed by atoms with Crippen LogP contribution in [-0.2, 0) is 6.54 Å². The van der Waals surface area contributed by atoms with Gasteiger partial charge in [0, 0.05) is 17.6 Å². The van der Waals surface area contributed by atoms with Crippen LogP contribution in [0.1, 0.15) is 35.2 Å². The minimum atomic E-state index is 0.292. The van der Waals surface area contributed by atoms with Gasteiger partial charge in [0.05, 0.1) is 0 Å². The summed E-state index contributed by atoms with van der Waals surface area (Å²) in [5.41, 5.74) is 5.22.